The maximum Gasteiger partial charge on any atom is 0.292 e. The number of rotatable bonds is 7. The minimum Gasteiger partial charge on any atom is -0.380 e. The maximum atomic E-state index is 11.1. The van der Waals surface area contributed by atoms with Crippen molar-refractivity contribution in [1.82, 2.24) is 4.98 Å². The Kier molecular flexibility index (Phi) is 5.37. The smallest absolute Gasteiger partial charge is 0.292 e. The zero-order chi connectivity index (χ0) is 14.4. The summed E-state index contributed by atoms with van der Waals surface area (Å²) in [5.41, 5.74) is 1.65. The lowest BCUT2D eigenvalue weighted by molar-refractivity contribution is -0.384. The lowest BCUT2D eigenvalue weighted by Gasteiger charge is -2.07. The summed E-state index contributed by atoms with van der Waals surface area (Å²) in [4.78, 5) is 15.0. The molecule has 0 atom stereocenters. The van der Waals surface area contributed by atoms with Crippen LogP contribution in [0.25, 0.3) is 0 Å². The quantitative estimate of drug-likeness (QED) is 0.472. The van der Waals surface area contributed by atoms with Gasteiger partial charge >= 0.3 is 0 Å². The van der Waals surface area contributed by atoms with Crippen molar-refractivity contribution in [3.05, 3.63) is 45.5 Å². The SMILES string of the molecule is CCCNc1ccc(CSc2nccs2)cc1[N+](=O)[O-]. The zero-order valence-electron chi connectivity index (χ0n) is 11.0. The van der Waals surface area contributed by atoms with Crippen molar-refractivity contribution in [1.29, 1.82) is 0 Å². The van der Waals surface area contributed by atoms with E-state index in [0.717, 1.165) is 22.9 Å². The van der Waals surface area contributed by atoms with Gasteiger partial charge in [-0.15, -0.1) is 11.3 Å². The van der Waals surface area contributed by atoms with Crippen molar-refractivity contribution in [2.75, 3.05) is 11.9 Å². The number of anilines is 1. The Labute approximate surface area is 125 Å². The minimum atomic E-state index is -0.338. The number of hydrogen-bond donors (Lipinski definition) is 1. The topological polar surface area (TPSA) is 68.1 Å². The van der Waals surface area contributed by atoms with Crippen LogP contribution >= 0.6 is 23.1 Å². The summed E-state index contributed by atoms with van der Waals surface area (Å²) in [5, 5.41) is 16.1. The minimum absolute atomic E-state index is 0.135. The second-order valence-electron chi connectivity index (χ2n) is 4.12. The Morgan fingerprint density at radius 2 is 2.35 bits per heavy atom. The third-order valence-electron chi connectivity index (χ3n) is 2.60. The zero-order valence-corrected chi connectivity index (χ0v) is 12.7. The first-order valence-electron chi connectivity index (χ1n) is 6.24. The number of hydrogen-bond acceptors (Lipinski definition) is 6. The molecule has 0 amide bonds. The van der Waals surface area contributed by atoms with Crippen molar-refractivity contribution < 1.29 is 4.92 Å². The normalized spacial score (nSPS) is 10.4. The van der Waals surface area contributed by atoms with E-state index < -0.39 is 0 Å². The monoisotopic (exact) mass is 309 g/mol. The number of nitrogens with one attached hydrogen (secondary N) is 1. The van der Waals surface area contributed by atoms with Crippen LogP contribution in [0, 0.1) is 10.1 Å². The van der Waals surface area contributed by atoms with Crippen molar-refractivity contribution in [2.24, 2.45) is 0 Å². The van der Waals surface area contributed by atoms with E-state index in [9.17, 15) is 10.1 Å². The average Bonchev–Trinajstić information content (AvgIpc) is 2.96. The maximum absolute atomic E-state index is 11.1. The first-order valence-corrected chi connectivity index (χ1v) is 8.10. The summed E-state index contributed by atoms with van der Waals surface area (Å²) in [7, 11) is 0. The fourth-order valence-electron chi connectivity index (χ4n) is 1.65. The molecule has 2 aromatic rings. The van der Waals surface area contributed by atoms with Crippen LogP contribution in [0.15, 0.2) is 34.1 Å². The van der Waals surface area contributed by atoms with Crippen molar-refractivity contribution in [3.63, 3.8) is 0 Å². The van der Waals surface area contributed by atoms with Crippen LogP contribution < -0.4 is 5.32 Å². The molecule has 20 heavy (non-hydrogen) atoms. The molecule has 0 saturated heterocycles. The molecule has 0 saturated carbocycles. The number of thiazole rings is 1. The van der Waals surface area contributed by atoms with E-state index in [1.807, 2.05) is 18.4 Å². The molecule has 1 heterocycles. The number of nitrogens with zero attached hydrogens (tertiary/aromatic N) is 2. The third kappa shape index (κ3) is 3.94. The van der Waals surface area contributed by atoms with Gasteiger partial charge in [0.15, 0.2) is 0 Å². The molecular formula is C13H15N3O2S2. The number of aromatic nitrogens is 1. The second-order valence-corrected chi connectivity index (χ2v) is 6.24. The number of benzene rings is 1. The molecule has 0 aliphatic rings. The first kappa shape index (κ1) is 14.8. The van der Waals surface area contributed by atoms with E-state index in [-0.39, 0.29) is 10.6 Å². The molecule has 0 unspecified atom stereocenters. The van der Waals surface area contributed by atoms with Gasteiger partial charge in [-0.05, 0) is 18.1 Å². The van der Waals surface area contributed by atoms with E-state index in [1.54, 1.807) is 41.4 Å². The highest BCUT2D eigenvalue weighted by atomic mass is 32.2. The average molecular weight is 309 g/mol. The van der Waals surface area contributed by atoms with E-state index >= 15 is 0 Å². The molecule has 0 radical (unpaired) electrons. The lowest BCUT2D eigenvalue weighted by atomic mass is 10.2. The van der Waals surface area contributed by atoms with Crippen LogP contribution in [0.2, 0.25) is 0 Å². The standard InChI is InChI=1S/C13H15N3O2S2/c1-2-5-14-11-4-3-10(8-12(11)16(17)18)9-20-13-15-6-7-19-13/h3-4,6-8,14H,2,5,9H2,1H3. The van der Waals surface area contributed by atoms with Crippen LogP contribution in [0.3, 0.4) is 0 Å². The number of thioether (sulfide) groups is 1. The largest absolute Gasteiger partial charge is 0.380 e. The van der Waals surface area contributed by atoms with Crippen LogP contribution in [-0.4, -0.2) is 16.5 Å². The predicted molar refractivity (Wildman–Crippen MR) is 83.6 cm³/mol. The highest BCUT2D eigenvalue weighted by Crippen LogP contribution is 2.30. The van der Waals surface area contributed by atoms with Gasteiger partial charge in [0.2, 0.25) is 0 Å². The van der Waals surface area contributed by atoms with E-state index in [4.69, 9.17) is 0 Å². The molecule has 2 rings (SSSR count). The highest BCUT2D eigenvalue weighted by Gasteiger charge is 2.14. The van der Waals surface area contributed by atoms with E-state index in [0.29, 0.717) is 11.4 Å². The van der Waals surface area contributed by atoms with Crippen molar-refractivity contribution in [2.45, 2.75) is 23.4 Å². The van der Waals surface area contributed by atoms with Gasteiger partial charge in [-0.2, -0.15) is 0 Å². The fourth-order valence-corrected chi connectivity index (χ4v) is 3.23. The molecule has 0 spiro atoms. The molecule has 1 aromatic carbocycles. The Morgan fingerprint density at radius 1 is 1.50 bits per heavy atom. The van der Waals surface area contributed by atoms with Gasteiger partial charge in [-0.25, -0.2) is 4.98 Å². The summed E-state index contributed by atoms with van der Waals surface area (Å²) in [6, 6.07) is 5.34. The summed E-state index contributed by atoms with van der Waals surface area (Å²) in [6.45, 7) is 2.76. The molecule has 1 N–H and O–H groups in total. The van der Waals surface area contributed by atoms with Gasteiger partial charge < -0.3 is 5.32 Å². The molecule has 0 aliphatic heterocycles. The molecule has 0 fully saturated rings. The number of nitro groups is 1. The third-order valence-corrected chi connectivity index (χ3v) is 4.63. The van der Waals surface area contributed by atoms with Crippen molar-refractivity contribution in [3.8, 4) is 0 Å². The first-order chi connectivity index (χ1) is 9.70. The fraction of sp³-hybridized carbons (Fsp3) is 0.308. The van der Waals surface area contributed by atoms with Gasteiger partial charge in [-0.3, -0.25) is 10.1 Å². The molecule has 106 valence electrons. The van der Waals surface area contributed by atoms with Crippen LogP contribution in [0.4, 0.5) is 11.4 Å². The van der Waals surface area contributed by atoms with Gasteiger partial charge in [0.1, 0.15) is 10.0 Å². The molecule has 5 nitrogen and oxygen atoms in total. The van der Waals surface area contributed by atoms with Gasteiger partial charge in [0, 0.05) is 29.9 Å². The van der Waals surface area contributed by atoms with E-state index in [1.165, 1.54) is 0 Å². The molecular weight excluding hydrogens is 294 g/mol. The predicted octanol–water partition coefficient (Wildman–Crippen LogP) is 4.17. The second kappa shape index (κ2) is 7.25. The lowest BCUT2D eigenvalue weighted by Crippen LogP contribution is -2.03. The Hall–Kier alpha value is -1.60. The highest BCUT2D eigenvalue weighted by molar-refractivity contribution is 8.00. The van der Waals surface area contributed by atoms with Crippen LogP contribution in [0.5, 0.6) is 0 Å². The molecule has 1 aromatic heterocycles. The van der Waals surface area contributed by atoms with Crippen molar-refractivity contribution >= 4 is 34.5 Å². The molecule has 0 bridgehead atoms. The van der Waals surface area contributed by atoms with Crippen LogP contribution in [0.1, 0.15) is 18.9 Å². The summed E-state index contributed by atoms with van der Waals surface area (Å²) in [5.74, 6) is 0.683. The van der Waals surface area contributed by atoms with Gasteiger partial charge in [-0.1, -0.05) is 24.8 Å². The van der Waals surface area contributed by atoms with Gasteiger partial charge in [0.25, 0.3) is 5.69 Å². The Balaban J connectivity index is 2.10. The Morgan fingerprint density at radius 3 is 3.00 bits per heavy atom. The van der Waals surface area contributed by atoms with Gasteiger partial charge in [0.05, 0.1) is 4.92 Å². The molecule has 7 heteroatoms. The van der Waals surface area contributed by atoms with Crippen LogP contribution in [-0.2, 0) is 5.75 Å². The summed E-state index contributed by atoms with van der Waals surface area (Å²) < 4.78 is 0.973. The summed E-state index contributed by atoms with van der Waals surface area (Å²) in [6.07, 6.45) is 2.69. The Bertz CT molecular complexity index is 573. The summed E-state index contributed by atoms with van der Waals surface area (Å²) >= 11 is 3.16. The molecule has 0 aliphatic carbocycles. The van der Waals surface area contributed by atoms with E-state index in [2.05, 4.69) is 10.3 Å². The number of nitro benzene ring substituents is 1.